The molecule has 2 heterocycles. The molecule has 1 aliphatic carbocycles. The number of hydrogen-bond donors (Lipinski definition) is 1. The Morgan fingerprint density at radius 1 is 1.00 bits per heavy atom. The van der Waals surface area contributed by atoms with Crippen LogP contribution in [0.15, 0.2) is 46.7 Å². The third-order valence-corrected chi connectivity index (χ3v) is 8.84. The molecule has 1 N–H and O–H groups in total. The van der Waals surface area contributed by atoms with E-state index in [0.29, 0.717) is 44.1 Å². The van der Waals surface area contributed by atoms with Crippen LogP contribution in [0.25, 0.3) is 0 Å². The van der Waals surface area contributed by atoms with E-state index >= 15 is 0 Å². The minimum absolute atomic E-state index is 0.0747. The van der Waals surface area contributed by atoms with E-state index in [1.165, 1.54) is 49.2 Å². The van der Waals surface area contributed by atoms with Crippen molar-refractivity contribution in [3.05, 3.63) is 52.2 Å². The van der Waals surface area contributed by atoms with E-state index in [4.69, 9.17) is 0 Å². The van der Waals surface area contributed by atoms with Gasteiger partial charge < -0.3 is 9.80 Å². The molecular weight excluding hydrogens is 458 g/mol. The zero-order valence-electron chi connectivity index (χ0n) is 18.7. The molecule has 7 nitrogen and oxygen atoms in total. The Bertz CT molecular complexity index is 1060. The van der Waals surface area contributed by atoms with E-state index in [2.05, 4.69) is 4.72 Å². The smallest absolute Gasteiger partial charge is 0.254 e. The third-order valence-electron chi connectivity index (χ3n) is 6.57. The number of piperazine rings is 1. The van der Waals surface area contributed by atoms with E-state index in [-0.39, 0.29) is 23.3 Å². The van der Waals surface area contributed by atoms with Gasteiger partial charge in [-0.3, -0.25) is 9.59 Å². The average Bonchev–Trinajstić information content (AvgIpc) is 3.55. The van der Waals surface area contributed by atoms with Gasteiger partial charge in [0, 0.05) is 49.6 Å². The second kappa shape index (κ2) is 10.8. The molecule has 9 heteroatoms. The van der Waals surface area contributed by atoms with Gasteiger partial charge in [-0.1, -0.05) is 37.8 Å². The normalized spacial score (nSPS) is 17.5. The number of carbonyl (C=O) groups excluding carboxylic acids is 2. The van der Waals surface area contributed by atoms with Crippen LogP contribution >= 0.6 is 11.3 Å². The largest absolute Gasteiger partial charge is 0.339 e. The van der Waals surface area contributed by atoms with Gasteiger partial charge in [0.1, 0.15) is 0 Å². The SMILES string of the molecule is O=C(CCC1CCCC1)N1CCN(C(=O)c2cccc(S(=O)(=O)NCc3cccs3)c2)CC1. The lowest BCUT2D eigenvalue weighted by molar-refractivity contribution is -0.133. The fraction of sp³-hybridized carbons (Fsp3) is 0.500. The van der Waals surface area contributed by atoms with Gasteiger partial charge in [-0.15, -0.1) is 11.3 Å². The summed E-state index contributed by atoms with van der Waals surface area (Å²) in [6.07, 6.45) is 6.62. The topological polar surface area (TPSA) is 86.8 Å². The first-order valence-corrected chi connectivity index (χ1v) is 14.0. The molecule has 0 bridgehead atoms. The lowest BCUT2D eigenvalue weighted by Gasteiger charge is -2.35. The predicted molar refractivity (Wildman–Crippen MR) is 128 cm³/mol. The van der Waals surface area contributed by atoms with E-state index in [1.54, 1.807) is 17.0 Å². The van der Waals surface area contributed by atoms with Crippen molar-refractivity contribution in [2.24, 2.45) is 5.92 Å². The Labute approximate surface area is 199 Å². The number of benzene rings is 1. The number of rotatable bonds is 8. The Morgan fingerprint density at radius 3 is 2.42 bits per heavy atom. The molecule has 1 aromatic heterocycles. The summed E-state index contributed by atoms with van der Waals surface area (Å²) in [5.41, 5.74) is 0.343. The lowest BCUT2D eigenvalue weighted by Crippen LogP contribution is -2.50. The third kappa shape index (κ3) is 6.22. The molecule has 2 aliphatic rings. The molecule has 2 amide bonds. The van der Waals surface area contributed by atoms with Crippen LogP contribution < -0.4 is 4.72 Å². The average molecular weight is 490 g/mol. The van der Waals surface area contributed by atoms with Gasteiger partial charge >= 0.3 is 0 Å². The molecule has 0 atom stereocenters. The molecule has 0 unspecified atom stereocenters. The zero-order chi connectivity index (χ0) is 23.3. The standard InChI is InChI=1S/C24H31N3O4S2/c28-23(11-10-19-5-1-2-6-19)26-12-14-27(15-13-26)24(29)20-7-3-9-22(17-20)33(30,31)25-18-21-8-4-16-32-21/h3-4,7-9,16-17,19,25H,1-2,5-6,10-15,18H2. The summed E-state index contributed by atoms with van der Waals surface area (Å²) in [6, 6.07) is 9.89. The van der Waals surface area contributed by atoms with Crippen LogP contribution in [0, 0.1) is 5.92 Å². The Balaban J connectivity index is 1.30. The van der Waals surface area contributed by atoms with Crippen LogP contribution in [0.2, 0.25) is 0 Å². The number of amides is 2. The van der Waals surface area contributed by atoms with E-state index in [0.717, 1.165) is 11.3 Å². The van der Waals surface area contributed by atoms with Gasteiger partial charge in [-0.25, -0.2) is 13.1 Å². The molecule has 1 aliphatic heterocycles. The van der Waals surface area contributed by atoms with Crippen molar-refractivity contribution in [2.75, 3.05) is 26.2 Å². The summed E-state index contributed by atoms with van der Waals surface area (Å²) in [6.45, 7) is 2.18. The first-order valence-electron chi connectivity index (χ1n) is 11.6. The monoisotopic (exact) mass is 489 g/mol. The number of nitrogens with zero attached hydrogens (tertiary/aromatic N) is 2. The van der Waals surface area contributed by atoms with Crippen molar-refractivity contribution < 1.29 is 18.0 Å². The number of thiophene rings is 1. The molecular formula is C24H31N3O4S2. The summed E-state index contributed by atoms with van der Waals surface area (Å²) in [4.78, 5) is 30.1. The molecule has 2 fully saturated rings. The van der Waals surface area contributed by atoms with Crippen molar-refractivity contribution >= 4 is 33.2 Å². The Morgan fingerprint density at radius 2 is 1.73 bits per heavy atom. The fourth-order valence-electron chi connectivity index (χ4n) is 4.59. The Kier molecular flexibility index (Phi) is 7.82. The quantitative estimate of drug-likeness (QED) is 0.615. The molecule has 0 radical (unpaired) electrons. The second-order valence-electron chi connectivity index (χ2n) is 8.79. The molecule has 1 saturated heterocycles. The number of hydrogen-bond acceptors (Lipinski definition) is 5. The van der Waals surface area contributed by atoms with Crippen molar-refractivity contribution in [3.8, 4) is 0 Å². The van der Waals surface area contributed by atoms with Gasteiger partial charge in [0.05, 0.1) is 4.90 Å². The fourth-order valence-corrected chi connectivity index (χ4v) is 6.37. The van der Waals surface area contributed by atoms with Crippen LogP contribution in [-0.4, -0.2) is 56.2 Å². The highest BCUT2D eigenvalue weighted by Crippen LogP contribution is 2.28. The van der Waals surface area contributed by atoms with Crippen molar-refractivity contribution in [2.45, 2.75) is 50.0 Å². The van der Waals surface area contributed by atoms with Crippen molar-refractivity contribution in [1.29, 1.82) is 0 Å². The summed E-state index contributed by atoms with van der Waals surface area (Å²) < 4.78 is 27.9. The first kappa shape index (κ1) is 23.9. The maximum atomic E-state index is 13.0. The highest BCUT2D eigenvalue weighted by atomic mass is 32.2. The maximum absolute atomic E-state index is 13.0. The van der Waals surface area contributed by atoms with Gasteiger partial charge in [0.2, 0.25) is 15.9 Å². The maximum Gasteiger partial charge on any atom is 0.254 e. The highest BCUT2D eigenvalue weighted by Gasteiger charge is 2.26. The van der Waals surface area contributed by atoms with E-state index in [9.17, 15) is 18.0 Å². The highest BCUT2D eigenvalue weighted by molar-refractivity contribution is 7.89. The minimum atomic E-state index is -3.72. The minimum Gasteiger partial charge on any atom is -0.339 e. The Hall–Kier alpha value is -2.23. The summed E-state index contributed by atoms with van der Waals surface area (Å²) in [5.74, 6) is 0.669. The lowest BCUT2D eigenvalue weighted by atomic mass is 10.0. The number of nitrogens with one attached hydrogen (secondary N) is 1. The summed E-state index contributed by atoms with van der Waals surface area (Å²) >= 11 is 1.48. The molecule has 2 aromatic rings. The van der Waals surface area contributed by atoms with Gasteiger partial charge in [-0.05, 0) is 42.0 Å². The van der Waals surface area contributed by atoms with Crippen LogP contribution in [0.3, 0.4) is 0 Å². The summed E-state index contributed by atoms with van der Waals surface area (Å²) in [5, 5.41) is 1.89. The van der Waals surface area contributed by atoms with Crippen molar-refractivity contribution in [3.63, 3.8) is 0 Å². The molecule has 1 aromatic carbocycles. The molecule has 4 rings (SSSR count). The van der Waals surface area contributed by atoms with Crippen LogP contribution in [0.5, 0.6) is 0 Å². The molecule has 0 spiro atoms. The van der Waals surface area contributed by atoms with Gasteiger partial charge in [0.25, 0.3) is 5.91 Å². The summed E-state index contributed by atoms with van der Waals surface area (Å²) in [7, 11) is -3.72. The van der Waals surface area contributed by atoms with E-state index in [1.807, 2.05) is 22.4 Å². The van der Waals surface area contributed by atoms with Crippen LogP contribution in [0.4, 0.5) is 0 Å². The number of carbonyl (C=O) groups is 2. The zero-order valence-corrected chi connectivity index (χ0v) is 20.4. The molecule has 1 saturated carbocycles. The first-order chi connectivity index (χ1) is 15.9. The van der Waals surface area contributed by atoms with E-state index < -0.39 is 10.0 Å². The predicted octanol–water partition coefficient (Wildman–Crippen LogP) is 3.48. The van der Waals surface area contributed by atoms with Crippen molar-refractivity contribution in [1.82, 2.24) is 14.5 Å². The van der Waals surface area contributed by atoms with Gasteiger partial charge in [0.15, 0.2) is 0 Å². The second-order valence-corrected chi connectivity index (χ2v) is 11.6. The van der Waals surface area contributed by atoms with Gasteiger partial charge in [-0.2, -0.15) is 0 Å². The molecule has 178 valence electrons. The van der Waals surface area contributed by atoms with Crippen LogP contribution in [-0.2, 0) is 21.4 Å². The van der Waals surface area contributed by atoms with Crippen LogP contribution in [0.1, 0.15) is 53.8 Å². The number of sulfonamides is 1. The molecule has 33 heavy (non-hydrogen) atoms.